The molecule has 1 saturated heterocycles. The van der Waals surface area contributed by atoms with Gasteiger partial charge in [-0.25, -0.2) is 4.99 Å². The molecule has 1 atom stereocenters. The van der Waals surface area contributed by atoms with Crippen LogP contribution in [0.2, 0.25) is 0 Å². The second-order valence-electron chi connectivity index (χ2n) is 8.58. The minimum Gasteiger partial charge on any atom is -0.496 e. The predicted molar refractivity (Wildman–Crippen MR) is 128 cm³/mol. The lowest BCUT2D eigenvalue weighted by Crippen LogP contribution is -2.37. The predicted octanol–water partition coefficient (Wildman–Crippen LogP) is 5.82. The van der Waals surface area contributed by atoms with Crippen molar-refractivity contribution in [3.63, 3.8) is 0 Å². The van der Waals surface area contributed by atoms with Crippen molar-refractivity contribution in [1.29, 1.82) is 0 Å². The van der Waals surface area contributed by atoms with Gasteiger partial charge in [-0.15, -0.1) is 0 Å². The average molecular weight is 411 g/mol. The lowest BCUT2D eigenvalue weighted by atomic mass is 9.85. The number of fused-ring (bicyclic) bond motifs is 1. The Bertz CT molecular complexity index is 1010. The van der Waals surface area contributed by atoms with E-state index in [4.69, 9.17) is 9.73 Å². The molecular formula is C28H30N2O. The van der Waals surface area contributed by atoms with Crippen molar-refractivity contribution in [2.45, 2.75) is 38.1 Å². The molecule has 1 fully saturated rings. The third-order valence-electron chi connectivity index (χ3n) is 6.73. The second kappa shape index (κ2) is 9.07. The topological polar surface area (TPSA) is 24.8 Å². The van der Waals surface area contributed by atoms with Crippen molar-refractivity contribution in [2.75, 3.05) is 20.2 Å². The maximum atomic E-state index is 5.79. The van der Waals surface area contributed by atoms with Crippen molar-refractivity contribution < 1.29 is 4.74 Å². The van der Waals surface area contributed by atoms with Crippen LogP contribution < -0.4 is 4.74 Å². The number of rotatable bonds is 5. The summed E-state index contributed by atoms with van der Waals surface area (Å²) in [5, 5.41) is 0. The molecule has 0 aromatic heterocycles. The zero-order chi connectivity index (χ0) is 21.0. The van der Waals surface area contributed by atoms with E-state index < -0.39 is 0 Å². The number of ether oxygens (including phenoxy) is 1. The SMILES string of the molecule is COc1ccc(N=C(c2ccccc2)c2ccccc2)c2c1C[C@@H](N1CCCC1)CC2. The minimum absolute atomic E-state index is 0.630. The summed E-state index contributed by atoms with van der Waals surface area (Å²) in [7, 11) is 1.79. The molecule has 0 spiro atoms. The third-order valence-corrected chi connectivity index (χ3v) is 6.73. The Kier molecular flexibility index (Phi) is 5.86. The Morgan fingerprint density at radius 1 is 0.839 bits per heavy atom. The smallest absolute Gasteiger partial charge is 0.122 e. The fourth-order valence-electron chi connectivity index (χ4n) is 5.13. The molecule has 1 heterocycles. The van der Waals surface area contributed by atoms with Gasteiger partial charge in [-0.3, -0.25) is 0 Å². The zero-order valence-corrected chi connectivity index (χ0v) is 18.3. The first-order valence-corrected chi connectivity index (χ1v) is 11.5. The van der Waals surface area contributed by atoms with Gasteiger partial charge >= 0.3 is 0 Å². The van der Waals surface area contributed by atoms with Gasteiger partial charge in [0.15, 0.2) is 0 Å². The fraction of sp³-hybridized carbons (Fsp3) is 0.321. The summed E-state index contributed by atoms with van der Waals surface area (Å²) < 4.78 is 5.79. The zero-order valence-electron chi connectivity index (χ0n) is 18.3. The van der Waals surface area contributed by atoms with E-state index in [0.717, 1.165) is 41.1 Å². The Hall–Kier alpha value is -2.91. The molecule has 2 aliphatic rings. The summed E-state index contributed by atoms with van der Waals surface area (Å²) in [6.45, 7) is 2.48. The minimum atomic E-state index is 0.630. The van der Waals surface area contributed by atoms with Gasteiger partial charge in [0.2, 0.25) is 0 Å². The molecule has 0 N–H and O–H groups in total. The van der Waals surface area contributed by atoms with E-state index in [9.17, 15) is 0 Å². The van der Waals surface area contributed by atoms with E-state index in [1.54, 1.807) is 7.11 Å². The molecule has 0 unspecified atom stereocenters. The maximum Gasteiger partial charge on any atom is 0.122 e. The van der Waals surface area contributed by atoms with E-state index in [-0.39, 0.29) is 0 Å². The van der Waals surface area contributed by atoms with Crippen LogP contribution in [0.5, 0.6) is 5.75 Å². The van der Waals surface area contributed by atoms with Crippen molar-refractivity contribution >= 4 is 11.4 Å². The Morgan fingerprint density at radius 2 is 1.48 bits per heavy atom. The molecular weight excluding hydrogens is 380 g/mol. The van der Waals surface area contributed by atoms with Crippen molar-refractivity contribution in [2.24, 2.45) is 4.99 Å². The van der Waals surface area contributed by atoms with Gasteiger partial charge in [-0.1, -0.05) is 60.7 Å². The Labute approximate surface area is 185 Å². The van der Waals surface area contributed by atoms with Crippen LogP contribution in [0.1, 0.15) is 41.5 Å². The number of hydrogen-bond donors (Lipinski definition) is 0. The van der Waals surface area contributed by atoms with Crippen LogP contribution in [0.25, 0.3) is 0 Å². The average Bonchev–Trinajstić information content (AvgIpc) is 3.38. The van der Waals surface area contributed by atoms with Gasteiger partial charge in [0.05, 0.1) is 18.5 Å². The monoisotopic (exact) mass is 410 g/mol. The molecule has 3 heteroatoms. The first-order valence-electron chi connectivity index (χ1n) is 11.5. The summed E-state index contributed by atoms with van der Waals surface area (Å²) in [6, 6.07) is 25.9. The second-order valence-corrected chi connectivity index (χ2v) is 8.58. The maximum absolute atomic E-state index is 5.79. The first kappa shape index (κ1) is 20.0. The van der Waals surface area contributed by atoms with E-state index in [2.05, 4.69) is 77.7 Å². The number of benzene rings is 3. The summed E-state index contributed by atoms with van der Waals surface area (Å²) in [5.74, 6) is 1.01. The highest BCUT2D eigenvalue weighted by atomic mass is 16.5. The molecule has 3 nitrogen and oxygen atoms in total. The first-order chi connectivity index (χ1) is 15.3. The van der Waals surface area contributed by atoms with E-state index in [0.29, 0.717) is 6.04 Å². The summed E-state index contributed by atoms with van der Waals surface area (Å²) in [4.78, 5) is 7.94. The number of aliphatic imine (C=N–C) groups is 1. The molecule has 1 aliphatic carbocycles. The number of nitrogens with zero attached hydrogens (tertiary/aromatic N) is 2. The third kappa shape index (κ3) is 4.15. The molecule has 158 valence electrons. The summed E-state index contributed by atoms with van der Waals surface area (Å²) in [5.41, 5.74) is 7.10. The van der Waals surface area contributed by atoms with Crippen LogP contribution in [0.3, 0.4) is 0 Å². The normalized spacial score (nSPS) is 18.4. The molecule has 0 amide bonds. The van der Waals surface area contributed by atoms with E-state index >= 15 is 0 Å². The van der Waals surface area contributed by atoms with E-state index in [1.165, 1.54) is 43.5 Å². The van der Waals surface area contributed by atoms with Gasteiger partial charge in [0, 0.05) is 22.7 Å². The molecule has 0 bridgehead atoms. The van der Waals surface area contributed by atoms with Crippen LogP contribution in [0.15, 0.2) is 77.8 Å². The summed E-state index contributed by atoms with van der Waals surface area (Å²) >= 11 is 0. The lowest BCUT2D eigenvalue weighted by molar-refractivity contribution is 0.220. The van der Waals surface area contributed by atoms with Gasteiger partial charge in [0.25, 0.3) is 0 Å². The Morgan fingerprint density at radius 3 is 2.10 bits per heavy atom. The standard InChI is InChI=1S/C28H30N2O/c1-31-27-17-16-26(24-15-14-23(20-25(24)27)30-18-8-9-19-30)29-28(21-10-4-2-5-11-21)22-12-6-3-7-13-22/h2-7,10-13,16-17,23H,8-9,14-15,18-20H2,1H3/t23-/m0/s1. The fourth-order valence-corrected chi connectivity index (χ4v) is 5.13. The van der Waals surface area contributed by atoms with E-state index in [1.807, 2.05) is 0 Å². The lowest BCUT2D eigenvalue weighted by Gasteiger charge is -2.33. The van der Waals surface area contributed by atoms with Crippen LogP contribution in [-0.2, 0) is 12.8 Å². The molecule has 31 heavy (non-hydrogen) atoms. The Balaban J connectivity index is 1.58. The molecule has 1 aliphatic heterocycles. The molecule has 0 radical (unpaired) electrons. The quantitative estimate of drug-likeness (QED) is 0.495. The van der Waals surface area contributed by atoms with Crippen LogP contribution in [0, 0.1) is 0 Å². The molecule has 0 saturated carbocycles. The number of likely N-dealkylation sites (tertiary alicyclic amines) is 1. The van der Waals surface area contributed by atoms with Crippen molar-refractivity contribution in [3.05, 3.63) is 95.1 Å². The molecule has 3 aromatic carbocycles. The highest BCUT2D eigenvalue weighted by molar-refractivity contribution is 6.14. The van der Waals surface area contributed by atoms with Crippen LogP contribution in [0.4, 0.5) is 5.69 Å². The molecule has 3 aromatic rings. The van der Waals surface area contributed by atoms with Gasteiger partial charge in [-0.05, 0) is 62.9 Å². The highest BCUT2D eigenvalue weighted by Gasteiger charge is 2.29. The summed E-state index contributed by atoms with van der Waals surface area (Å²) in [6.07, 6.45) is 6.00. The van der Waals surface area contributed by atoms with Crippen molar-refractivity contribution in [3.8, 4) is 5.75 Å². The van der Waals surface area contributed by atoms with Gasteiger partial charge in [0.1, 0.15) is 5.75 Å². The van der Waals surface area contributed by atoms with Crippen LogP contribution >= 0.6 is 0 Å². The largest absolute Gasteiger partial charge is 0.496 e. The number of hydrogen-bond acceptors (Lipinski definition) is 3. The van der Waals surface area contributed by atoms with Crippen LogP contribution in [-0.4, -0.2) is 36.9 Å². The molecule has 5 rings (SSSR count). The highest BCUT2D eigenvalue weighted by Crippen LogP contribution is 2.38. The van der Waals surface area contributed by atoms with Crippen molar-refractivity contribution in [1.82, 2.24) is 4.90 Å². The number of methoxy groups -OCH3 is 1. The van der Waals surface area contributed by atoms with Gasteiger partial charge < -0.3 is 9.64 Å². The van der Waals surface area contributed by atoms with Gasteiger partial charge in [-0.2, -0.15) is 0 Å².